The van der Waals surface area contributed by atoms with Crippen LogP contribution in [0.25, 0.3) is 0 Å². The quantitative estimate of drug-likeness (QED) is 0.875. The molecule has 1 saturated carbocycles. The number of halogens is 1. The van der Waals surface area contributed by atoms with Crippen LogP contribution in [0.15, 0.2) is 30.3 Å². The van der Waals surface area contributed by atoms with Crippen LogP contribution in [0.3, 0.4) is 0 Å². The Morgan fingerprint density at radius 3 is 2.42 bits per heavy atom. The van der Waals surface area contributed by atoms with Gasteiger partial charge in [-0.1, -0.05) is 18.2 Å². The van der Waals surface area contributed by atoms with Crippen LogP contribution in [0.2, 0.25) is 0 Å². The van der Waals surface area contributed by atoms with Gasteiger partial charge in [-0.3, -0.25) is 0 Å². The summed E-state index contributed by atoms with van der Waals surface area (Å²) in [6, 6.07) is 9.92. The highest BCUT2D eigenvalue weighted by Crippen LogP contribution is 2.33. The lowest BCUT2D eigenvalue weighted by atomic mass is 9.78. The van der Waals surface area contributed by atoms with Crippen molar-refractivity contribution in [1.82, 2.24) is 0 Å². The van der Waals surface area contributed by atoms with Crippen molar-refractivity contribution in [2.45, 2.75) is 37.7 Å². The summed E-state index contributed by atoms with van der Waals surface area (Å²) in [5.41, 5.74) is 4.98. The van der Waals surface area contributed by atoms with Gasteiger partial charge in [0.05, 0.1) is 12.2 Å². The average molecular weight is 286 g/mol. The first-order valence-electron chi connectivity index (χ1n) is 6.82. The summed E-state index contributed by atoms with van der Waals surface area (Å²) < 4.78 is 5.70. The van der Waals surface area contributed by atoms with E-state index in [4.69, 9.17) is 10.5 Å². The fraction of sp³-hybridized carbons (Fsp3) is 0.600. The summed E-state index contributed by atoms with van der Waals surface area (Å²) in [5, 5.41) is 10.0. The molecule has 1 aliphatic rings. The molecule has 0 aromatic heterocycles. The zero-order valence-corrected chi connectivity index (χ0v) is 12.1. The van der Waals surface area contributed by atoms with Crippen molar-refractivity contribution in [3.8, 4) is 5.75 Å². The molecule has 0 atom stereocenters. The van der Waals surface area contributed by atoms with Crippen LogP contribution in [0, 0.1) is 5.92 Å². The monoisotopic (exact) mass is 285 g/mol. The molecule has 0 bridgehead atoms. The molecule has 4 heteroatoms. The summed E-state index contributed by atoms with van der Waals surface area (Å²) in [7, 11) is 0. The van der Waals surface area contributed by atoms with Gasteiger partial charge in [-0.15, -0.1) is 12.4 Å². The Morgan fingerprint density at radius 2 is 1.84 bits per heavy atom. The Balaban J connectivity index is 0.00000180. The standard InChI is InChI=1S/C15H23NO2.ClH/c16-12-15(17)9-6-13(7-10-15)8-11-18-14-4-2-1-3-5-14;/h1-5,13,17H,6-12,16H2;1H/t13-,15+;. The second-order valence-electron chi connectivity index (χ2n) is 5.32. The zero-order valence-electron chi connectivity index (χ0n) is 11.3. The van der Waals surface area contributed by atoms with Gasteiger partial charge < -0.3 is 15.6 Å². The van der Waals surface area contributed by atoms with Crippen LogP contribution in [0.4, 0.5) is 0 Å². The van der Waals surface area contributed by atoms with Crippen molar-refractivity contribution >= 4 is 12.4 Å². The molecule has 108 valence electrons. The highest BCUT2D eigenvalue weighted by Gasteiger charge is 2.31. The minimum atomic E-state index is -0.600. The number of nitrogens with two attached hydrogens (primary N) is 1. The third-order valence-electron chi connectivity index (χ3n) is 3.95. The van der Waals surface area contributed by atoms with Gasteiger partial charge in [-0.05, 0) is 50.2 Å². The van der Waals surface area contributed by atoms with E-state index >= 15 is 0 Å². The summed E-state index contributed by atoms with van der Waals surface area (Å²) in [4.78, 5) is 0. The Labute approximate surface area is 121 Å². The molecule has 0 heterocycles. The fourth-order valence-electron chi connectivity index (χ4n) is 2.57. The molecule has 3 nitrogen and oxygen atoms in total. The zero-order chi connectivity index (χ0) is 12.8. The number of para-hydroxylation sites is 1. The predicted molar refractivity (Wildman–Crippen MR) is 79.8 cm³/mol. The van der Waals surface area contributed by atoms with E-state index < -0.39 is 5.60 Å². The van der Waals surface area contributed by atoms with Gasteiger partial charge >= 0.3 is 0 Å². The van der Waals surface area contributed by atoms with E-state index in [9.17, 15) is 5.11 Å². The summed E-state index contributed by atoms with van der Waals surface area (Å²) >= 11 is 0. The number of hydrogen-bond acceptors (Lipinski definition) is 3. The molecule has 3 N–H and O–H groups in total. The second-order valence-corrected chi connectivity index (χ2v) is 5.32. The van der Waals surface area contributed by atoms with Gasteiger partial charge in [-0.25, -0.2) is 0 Å². The van der Waals surface area contributed by atoms with Gasteiger partial charge in [-0.2, -0.15) is 0 Å². The minimum Gasteiger partial charge on any atom is -0.494 e. The van der Waals surface area contributed by atoms with Crippen LogP contribution in [-0.2, 0) is 0 Å². The number of aliphatic hydroxyl groups is 1. The maximum absolute atomic E-state index is 10.0. The largest absolute Gasteiger partial charge is 0.494 e. The molecule has 0 aliphatic heterocycles. The van der Waals surface area contributed by atoms with E-state index in [1.165, 1.54) is 0 Å². The molecule has 0 amide bonds. The first kappa shape index (κ1) is 16.3. The van der Waals surface area contributed by atoms with E-state index in [1.807, 2.05) is 30.3 Å². The molecule has 1 fully saturated rings. The van der Waals surface area contributed by atoms with Crippen LogP contribution in [0.1, 0.15) is 32.1 Å². The van der Waals surface area contributed by atoms with Crippen LogP contribution >= 0.6 is 12.4 Å². The second kappa shape index (κ2) is 7.73. The van der Waals surface area contributed by atoms with Crippen molar-refractivity contribution in [3.05, 3.63) is 30.3 Å². The molecule has 2 rings (SSSR count). The number of rotatable bonds is 5. The van der Waals surface area contributed by atoms with E-state index in [1.54, 1.807) is 0 Å². The van der Waals surface area contributed by atoms with Gasteiger partial charge in [0.2, 0.25) is 0 Å². The molecule has 0 unspecified atom stereocenters. The molecule has 1 aromatic carbocycles. The molecule has 0 spiro atoms. The Bertz CT molecular complexity index is 350. The van der Waals surface area contributed by atoms with Crippen molar-refractivity contribution in [2.24, 2.45) is 11.7 Å². The van der Waals surface area contributed by atoms with Gasteiger partial charge in [0.15, 0.2) is 0 Å². The molecule has 0 radical (unpaired) electrons. The summed E-state index contributed by atoms with van der Waals surface area (Å²) in [6.45, 7) is 1.15. The third kappa shape index (κ3) is 5.01. The normalized spacial score (nSPS) is 26.5. The highest BCUT2D eigenvalue weighted by molar-refractivity contribution is 5.85. The Morgan fingerprint density at radius 1 is 1.21 bits per heavy atom. The molecular formula is C15H24ClNO2. The molecular weight excluding hydrogens is 262 g/mol. The van der Waals surface area contributed by atoms with Gasteiger partial charge in [0, 0.05) is 6.54 Å². The van der Waals surface area contributed by atoms with E-state index in [0.29, 0.717) is 12.5 Å². The van der Waals surface area contributed by atoms with Crippen LogP contribution < -0.4 is 10.5 Å². The van der Waals surface area contributed by atoms with Crippen molar-refractivity contribution in [3.63, 3.8) is 0 Å². The van der Waals surface area contributed by atoms with Crippen LogP contribution in [0.5, 0.6) is 5.75 Å². The number of benzene rings is 1. The SMILES string of the molecule is Cl.NC[C@]1(O)CC[C@@H](CCOc2ccccc2)CC1. The minimum absolute atomic E-state index is 0. The lowest BCUT2D eigenvalue weighted by molar-refractivity contribution is -0.00349. The van der Waals surface area contributed by atoms with Gasteiger partial charge in [0.1, 0.15) is 5.75 Å². The molecule has 0 saturated heterocycles. The van der Waals surface area contributed by atoms with E-state index in [0.717, 1.165) is 44.5 Å². The van der Waals surface area contributed by atoms with Gasteiger partial charge in [0.25, 0.3) is 0 Å². The smallest absolute Gasteiger partial charge is 0.119 e. The fourth-order valence-corrected chi connectivity index (χ4v) is 2.57. The molecule has 1 aromatic rings. The molecule has 1 aliphatic carbocycles. The van der Waals surface area contributed by atoms with Crippen molar-refractivity contribution in [2.75, 3.05) is 13.2 Å². The van der Waals surface area contributed by atoms with Crippen LogP contribution in [-0.4, -0.2) is 23.9 Å². The number of hydrogen-bond donors (Lipinski definition) is 2. The Hall–Kier alpha value is -0.770. The van der Waals surface area contributed by atoms with E-state index in [-0.39, 0.29) is 12.4 Å². The maximum atomic E-state index is 10.0. The maximum Gasteiger partial charge on any atom is 0.119 e. The predicted octanol–water partition coefficient (Wildman–Crippen LogP) is 2.76. The highest BCUT2D eigenvalue weighted by atomic mass is 35.5. The van der Waals surface area contributed by atoms with Crippen molar-refractivity contribution in [1.29, 1.82) is 0 Å². The van der Waals surface area contributed by atoms with Crippen molar-refractivity contribution < 1.29 is 9.84 Å². The summed E-state index contributed by atoms with van der Waals surface area (Å²) in [5.74, 6) is 1.60. The lowest BCUT2D eigenvalue weighted by Crippen LogP contribution is -2.41. The lowest BCUT2D eigenvalue weighted by Gasteiger charge is -2.35. The molecule has 19 heavy (non-hydrogen) atoms. The number of ether oxygens (including phenoxy) is 1. The average Bonchev–Trinajstić information content (AvgIpc) is 2.42. The van der Waals surface area contributed by atoms with E-state index in [2.05, 4.69) is 0 Å². The first-order chi connectivity index (χ1) is 8.72. The first-order valence-corrected chi connectivity index (χ1v) is 6.82. The third-order valence-corrected chi connectivity index (χ3v) is 3.95. The topological polar surface area (TPSA) is 55.5 Å². The summed E-state index contributed by atoms with van der Waals surface area (Å²) in [6.07, 6.45) is 4.85. The Kier molecular flexibility index (Phi) is 6.63.